The first-order chi connectivity index (χ1) is 21.4. The molecule has 45 heavy (non-hydrogen) atoms. The summed E-state index contributed by atoms with van der Waals surface area (Å²) in [6.45, 7) is 14.1. The number of hydrogen-bond acceptors (Lipinski definition) is 9. The minimum Gasteiger partial charge on any atom is -0.475 e. The summed E-state index contributed by atoms with van der Waals surface area (Å²) < 4.78 is 17.5. The zero-order valence-corrected chi connectivity index (χ0v) is 26.5. The van der Waals surface area contributed by atoms with E-state index < -0.39 is 0 Å². The van der Waals surface area contributed by atoms with Crippen molar-refractivity contribution in [2.24, 2.45) is 15.0 Å². The first kappa shape index (κ1) is 28.8. The molecule has 0 N–H and O–H groups in total. The molecule has 4 heterocycles. The van der Waals surface area contributed by atoms with Crippen LogP contribution in [0.3, 0.4) is 0 Å². The van der Waals surface area contributed by atoms with Crippen molar-refractivity contribution in [3.05, 3.63) is 89.5 Å². The average Bonchev–Trinajstić information content (AvgIpc) is 3.71. The van der Waals surface area contributed by atoms with Crippen molar-refractivity contribution in [1.29, 1.82) is 0 Å². The molecule has 3 aliphatic heterocycles. The summed E-state index contributed by atoms with van der Waals surface area (Å²) in [6, 6.07) is 24.0. The highest BCUT2D eigenvalue weighted by atomic mass is 16.5. The second-order valence-corrected chi connectivity index (χ2v) is 13.6. The van der Waals surface area contributed by atoms with E-state index in [2.05, 4.69) is 41.5 Å². The third kappa shape index (κ3) is 6.07. The first-order valence-corrected chi connectivity index (χ1v) is 15.2. The molecule has 0 fully saturated rings. The summed E-state index contributed by atoms with van der Waals surface area (Å²) in [5.74, 6) is 3.67. The molecule has 3 aromatic carbocycles. The molecule has 9 nitrogen and oxygen atoms in total. The fourth-order valence-corrected chi connectivity index (χ4v) is 5.25. The van der Waals surface area contributed by atoms with Crippen LogP contribution in [-0.4, -0.2) is 69.1 Å². The van der Waals surface area contributed by atoms with Crippen LogP contribution >= 0.6 is 0 Å². The van der Waals surface area contributed by atoms with Gasteiger partial charge in [0.25, 0.3) is 0 Å². The molecule has 0 spiro atoms. The van der Waals surface area contributed by atoms with Crippen LogP contribution < -0.4 is 0 Å². The lowest BCUT2D eigenvalue weighted by molar-refractivity contribution is 0.279. The lowest BCUT2D eigenvalue weighted by atomic mass is 10.1. The van der Waals surface area contributed by atoms with Crippen molar-refractivity contribution in [2.45, 2.75) is 58.2 Å². The maximum absolute atomic E-state index is 5.84. The Labute approximate surface area is 263 Å². The molecular formula is C36H36N6O3. The smallest absolute Gasteiger partial charge is 0.216 e. The molecule has 0 unspecified atom stereocenters. The van der Waals surface area contributed by atoms with E-state index in [0.29, 0.717) is 55.0 Å². The second-order valence-electron chi connectivity index (χ2n) is 13.6. The van der Waals surface area contributed by atoms with Gasteiger partial charge in [0, 0.05) is 33.4 Å². The Bertz CT molecular complexity index is 1620. The van der Waals surface area contributed by atoms with Crippen molar-refractivity contribution in [1.82, 2.24) is 15.0 Å². The van der Waals surface area contributed by atoms with Gasteiger partial charge in [-0.1, -0.05) is 36.4 Å². The third-order valence-electron chi connectivity index (χ3n) is 7.70. The summed E-state index contributed by atoms with van der Waals surface area (Å²) in [7, 11) is 0. The predicted molar refractivity (Wildman–Crippen MR) is 176 cm³/mol. The average molecular weight is 601 g/mol. The van der Waals surface area contributed by atoms with E-state index in [9.17, 15) is 0 Å². The van der Waals surface area contributed by atoms with Gasteiger partial charge in [0.2, 0.25) is 17.7 Å². The molecule has 0 aliphatic carbocycles. The largest absolute Gasteiger partial charge is 0.475 e. The Balaban J connectivity index is 1.25. The van der Waals surface area contributed by atoms with Crippen molar-refractivity contribution >= 4 is 17.7 Å². The molecule has 4 aromatic rings. The molecule has 0 saturated heterocycles. The number of benzene rings is 3. The van der Waals surface area contributed by atoms with E-state index in [1.165, 1.54) is 0 Å². The molecule has 0 radical (unpaired) electrons. The molecule has 228 valence electrons. The molecular weight excluding hydrogens is 564 g/mol. The summed E-state index contributed by atoms with van der Waals surface area (Å²) >= 11 is 0. The minimum absolute atomic E-state index is 0.226. The van der Waals surface area contributed by atoms with Gasteiger partial charge in [-0.15, -0.1) is 0 Å². The number of aliphatic imine (C=N–C) groups is 3. The van der Waals surface area contributed by atoms with Gasteiger partial charge >= 0.3 is 0 Å². The van der Waals surface area contributed by atoms with Crippen molar-refractivity contribution in [3.63, 3.8) is 0 Å². The van der Waals surface area contributed by atoms with Crippen LogP contribution in [0.2, 0.25) is 0 Å². The molecule has 0 atom stereocenters. The van der Waals surface area contributed by atoms with E-state index in [1.807, 2.05) is 72.8 Å². The highest BCUT2D eigenvalue weighted by Crippen LogP contribution is 2.29. The van der Waals surface area contributed by atoms with Crippen LogP contribution in [0.4, 0.5) is 0 Å². The molecule has 1 aromatic heterocycles. The summed E-state index contributed by atoms with van der Waals surface area (Å²) in [6.07, 6.45) is 0. The predicted octanol–water partition coefficient (Wildman–Crippen LogP) is 6.54. The van der Waals surface area contributed by atoms with Gasteiger partial charge in [0.1, 0.15) is 19.8 Å². The summed E-state index contributed by atoms with van der Waals surface area (Å²) in [4.78, 5) is 28.9. The molecule has 0 saturated carbocycles. The first-order valence-electron chi connectivity index (χ1n) is 15.2. The van der Waals surface area contributed by atoms with Crippen LogP contribution in [-0.2, 0) is 14.2 Å². The van der Waals surface area contributed by atoms with Gasteiger partial charge in [0.15, 0.2) is 17.5 Å². The van der Waals surface area contributed by atoms with Gasteiger partial charge in [-0.2, -0.15) is 0 Å². The normalized spacial score (nSPS) is 19.2. The highest BCUT2D eigenvalue weighted by molar-refractivity contribution is 5.97. The van der Waals surface area contributed by atoms with Crippen LogP contribution in [0.1, 0.15) is 58.2 Å². The van der Waals surface area contributed by atoms with Crippen LogP contribution in [0, 0.1) is 0 Å². The van der Waals surface area contributed by atoms with Gasteiger partial charge < -0.3 is 14.2 Å². The Morgan fingerprint density at radius 2 is 0.600 bits per heavy atom. The molecule has 0 bridgehead atoms. The maximum Gasteiger partial charge on any atom is 0.216 e. The van der Waals surface area contributed by atoms with E-state index in [1.54, 1.807) is 0 Å². The Morgan fingerprint density at radius 3 is 0.800 bits per heavy atom. The highest BCUT2D eigenvalue weighted by Gasteiger charge is 2.29. The van der Waals surface area contributed by atoms with Gasteiger partial charge in [0.05, 0.1) is 16.6 Å². The van der Waals surface area contributed by atoms with Gasteiger partial charge in [-0.25, -0.2) is 29.9 Å². The Hall–Kier alpha value is -4.92. The number of rotatable bonds is 6. The van der Waals surface area contributed by atoms with E-state index in [0.717, 1.165) is 33.4 Å². The zero-order chi connectivity index (χ0) is 31.4. The monoisotopic (exact) mass is 600 g/mol. The summed E-state index contributed by atoms with van der Waals surface area (Å²) in [5, 5.41) is 0. The Morgan fingerprint density at radius 1 is 0.378 bits per heavy atom. The fourth-order valence-electron chi connectivity index (χ4n) is 5.25. The number of ether oxygens (including phenoxy) is 3. The minimum atomic E-state index is -0.226. The maximum atomic E-state index is 5.84. The standard InChI is InChI=1S/C36H36N6O3/c1-34(2)19-43-31(40-34)25-13-7-22(8-14-25)28-37-29(23-9-15-26(16-10-23)32-41-35(3,4)20-44-32)39-30(38-28)24-11-17-27(18-12-24)33-42-36(5,6)21-45-33/h7-18H,19-21H2,1-6H3. The van der Waals surface area contributed by atoms with E-state index in [4.69, 9.17) is 44.1 Å². The molecule has 9 heteroatoms. The quantitative estimate of drug-likeness (QED) is 0.249. The van der Waals surface area contributed by atoms with Gasteiger partial charge in [-0.3, -0.25) is 0 Å². The van der Waals surface area contributed by atoms with E-state index >= 15 is 0 Å². The van der Waals surface area contributed by atoms with Crippen molar-refractivity contribution < 1.29 is 14.2 Å². The van der Waals surface area contributed by atoms with Crippen LogP contribution in [0.15, 0.2) is 87.8 Å². The number of nitrogens with zero attached hydrogens (tertiary/aromatic N) is 6. The zero-order valence-electron chi connectivity index (χ0n) is 26.5. The van der Waals surface area contributed by atoms with E-state index in [-0.39, 0.29) is 16.6 Å². The lowest BCUT2D eigenvalue weighted by Crippen LogP contribution is -2.17. The summed E-state index contributed by atoms with van der Waals surface area (Å²) in [5.41, 5.74) is 4.68. The fraction of sp³-hybridized carbons (Fsp3) is 0.333. The molecule has 7 rings (SSSR count). The van der Waals surface area contributed by atoms with Gasteiger partial charge in [-0.05, 0) is 77.9 Å². The van der Waals surface area contributed by atoms with Crippen LogP contribution in [0.25, 0.3) is 34.2 Å². The number of aromatic nitrogens is 3. The topological polar surface area (TPSA) is 103 Å². The lowest BCUT2D eigenvalue weighted by Gasteiger charge is -2.10. The second kappa shape index (κ2) is 10.6. The number of hydrogen-bond donors (Lipinski definition) is 0. The van der Waals surface area contributed by atoms with Crippen molar-refractivity contribution in [3.8, 4) is 34.2 Å². The molecule has 0 amide bonds. The van der Waals surface area contributed by atoms with Crippen LogP contribution in [0.5, 0.6) is 0 Å². The third-order valence-corrected chi connectivity index (χ3v) is 7.70. The molecule has 3 aliphatic rings. The van der Waals surface area contributed by atoms with Crippen molar-refractivity contribution in [2.75, 3.05) is 19.8 Å². The SMILES string of the molecule is CC1(C)COC(c2ccc(-c3nc(-c4ccc(C5=NC(C)(C)CO5)cc4)nc(-c4ccc(C5=NC(C)(C)CO5)cc4)n3)cc2)=N1. The Kier molecular flexibility index (Phi) is 6.80.